The van der Waals surface area contributed by atoms with E-state index in [1.54, 1.807) is 17.8 Å². The van der Waals surface area contributed by atoms with Crippen molar-refractivity contribution in [3.63, 3.8) is 0 Å². The Morgan fingerprint density at radius 1 is 1.05 bits per heavy atom. The lowest BCUT2D eigenvalue weighted by atomic mass is 10.0. The highest BCUT2D eigenvalue weighted by molar-refractivity contribution is 7.99. The van der Waals surface area contributed by atoms with E-state index >= 15 is 0 Å². The number of rotatable bonds is 5. The Balaban J connectivity index is 2.13. The van der Waals surface area contributed by atoms with Crippen molar-refractivity contribution in [3.8, 4) is 0 Å². The van der Waals surface area contributed by atoms with Crippen LogP contribution in [0.4, 0.5) is 4.39 Å². The molecule has 2 aromatic rings. The molecule has 0 aromatic heterocycles. The fraction of sp³-hybridized carbons (Fsp3) is 0.294. The SMILES string of the molecule is CCSc1cc(CCc2ccccc2)c(F)cc1C. The molecule has 0 saturated carbocycles. The average molecular weight is 274 g/mol. The molecule has 2 heteroatoms. The molecule has 0 aliphatic carbocycles. The summed E-state index contributed by atoms with van der Waals surface area (Å²) in [6.45, 7) is 4.10. The summed E-state index contributed by atoms with van der Waals surface area (Å²) >= 11 is 1.78. The van der Waals surface area contributed by atoms with Crippen LogP contribution in [0.2, 0.25) is 0 Å². The van der Waals surface area contributed by atoms with Gasteiger partial charge in [0.1, 0.15) is 5.82 Å². The van der Waals surface area contributed by atoms with Crippen LogP contribution < -0.4 is 0 Å². The molecule has 0 N–H and O–H groups in total. The second kappa shape index (κ2) is 6.76. The number of aryl methyl sites for hydroxylation is 3. The first-order valence-electron chi connectivity index (χ1n) is 6.66. The summed E-state index contributed by atoms with van der Waals surface area (Å²) in [5, 5.41) is 0. The van der Waals surface area contributed by atoms with Crippen LogP contribution in [0, 0.1) is 12.7 Å². The maximum Gasteiger partial charge on any atom is 0.126 e. The normalized spacial score (nSPS) is 10.7. The molecule has 0 nitrogen and oxygen atoms in total. The van der Waals surface area contributed by atoms with Crippen molar-refractivity contribution in [1.29, 1.82) is 0 Å². The first-order valence-corrected chi connectivity index (χ1v) is 7.65. The van der Waals surface area contributed by atoms with Gasteiger partial charge in [0.2, 0.25) is 0 Å². The number of hydrogen-bond donors (Lipinski definition) is 0. The summed E-state index contributed by atoms with van der Waals surface area (Å²) in [4.78, 5) is 1.20. The van der Waals surface area contributed by atoms with E-state index < -0.39 is 0 Å². The van der Waals surface area contributed by atoms with Crippen molar-refractivity contribution in [3.05, 3.63) is 65.0 Å². The van der Waals surface area contributed by atoms with E-state index in [0.29, 0.717) is 0 Å². The van der Waals surface area contributed by atoms with E-state index in [1.165, 1.54) is 10.5 Å². The third kappa shape index (κ3) is 3.84. The molecule has 0 unspecified atom stereocenters. The van der Waals surface area contributed by atoms with Gasteiger partial charge in [-0.1, -0.05) is 37.3 Å². The Morgan fingerprint density at radius 2 is 1.79 bits per heavy atom. The Bertz CT molecular complexity index is 534. The molecule has 0 heterocycles. The van der Waals surface area contributed by atoms with Crippen LogP contribution in [-0.4, -0.2) is 5.75 Å². The fourth-order valence-electron chi connectivity index (χ4n) is 2.12. The van der Waals surface area contributed by atoms with Gasteiger partial charge < -0.3 is 0 Å². The highest BCUT2D eigenvalue weighted by Crippen LogP contribution is 2.26. The first-order chi connectivity index (χ1) is 9.20. The molecule has 0 aliphatic heterocycles. The lowest BCUT2D eigenvalue weighted by Gasteiger charge is -2.09. The monoisotopic (exact) mass is 274 g/mol. The van der Waals surface area contributed by atoms with Crippen molar-refractivity contribution in [2.45, 2.75) is 31.6 Å². The Kier molecular flexibility index (Phi) is 5.03. The topological polar surface area (TPSA) is 0 Å². The zero-order valence-corrected chi connectivity index (χ0v) is 12.3. The number of benzene rings is 2. The molecule has 2 rings (SSSR count). The number of halogens is 1. The zero-order chi connectivity index (χ0) is 13.7. The fourth-order valence-corrected chi connectivity index (χ4v) is 2.94. The molecule has 19 heavy (non-hydrogen) atoms. The van der Waals surface area contributed by atoms with E-state index in [-0.39, 0.29) is 5.82 Å². The molecule has 0 amide bonds. The van der Waals surface area contributed by atoms with Gasteiger partial charge in [-0.25, -0.2) is 4.39 Å². The summed E-state index contributed by atoms with van der Waals surface area (Å²) in [5.74, 6) is 0.943. The van der Waals surface area contributed by atoms with Crippen LogP contribution in [0.5, 0.6) is 0 Å². The maximum absolute atomic E-state index is 14.0. The molecule has 0 bridgehead atoms. The molecule has 0 radical (unpaired) electrons. The van der Waals surface area contributed by atoms with Crippen molar-refractivity contribution in [1.82, 2.24) is 0 Å². The molecule has 100 valence electrons. The van der Waals surface area contributed by atoms with E-state index in [0.717, 1.165) is 29.7 Å². The van der Waals surface area contributed by atoms with Gasteiger partial charge in [-0.3, -0.25) is 0 Å². The van der Waals surface area contributed by atoms with E-state index in [2.05, 4.69) is 19.1 Å². The van der Waals surface area contributed by atoms with Gasteiger partial charge >= 0.3 is 0 Å². The van der Waals surface area contributed by atoms with Gasteiger partial charge in [-0.2, -0.15) is 0 Å². The quantitative estimate of drug-likeness (QED) is 0.689. The number of thioether (sulfide) groups is 1. The van der Waals surface area contributed by atoms with Crippen LogP contribution in [-0.2, 0) is 12.8 Å². The van der Waals surface area contributed by atoms with E-state index in [4.69, 9.17) is 0 Å². The van der Waals surface area contributed by atoms with Crippen molar-refractivity contribution < 1.29 is 4.39 Å². The second-order valence-corrected chi connectivity index (χ2v) is 5.93. The van der Waals surface area contributed by atoms with Crippen LogP contribution >= 0.6 is 11.8 Å². The minimum absolute atomic E-state index is 0.0751. The Hall–Kier alpha value is -1.28. The highest BCUT2D eigenvalue weighted by Gasteiger charge is 2.07. The second-order valence-electron chi connectivity index (χ2n) is 4.63. The third-order valence-corrected chi connectivity index (χ3v) is 4.21. The Labute approximate surface area is 119 Å². The van der Waals surface area contributed by atoms with Gasteiger partial charge in [-0.05, 0) is 54.3 Å². The predicted octanol–water partition coefficient (Wildman–Crippen LogP) is 5.03. The molecule has 0 aliphatic rings. The van der Waals surface area contributed by atoms with Crippen LogP contribution in [0.25, 0.3) is 0 Å². The summed E-state index contributed by atoms with van der Waals surface area (Å²) in [6, 6.07) is 13.9. The van der Waals surface area contributed by atoms with E-state index in [1.807, 2.05) is 31.2 Å². The highest BCUT2D eigenvalue weighted by atomic mass is 32.2. The largest absolute Gasteiger partial charge is 0.207 e. The molecular weight excluding hydrogens is 255 g/mol. The smallest absolute Gasteiger partial charge is 0.126 e. The molecule has 0 spiro atoms. The zero-order valence-electron chi connectivity index (χ0n) is 11.4. The third-order valence-electron chi connectivity index (χ3n) is 3.17. The first kappa shape index (κ1) is 14.1. The summed E-state index contributed by atoms with van der Waals surface area (Å²) in [6.07, 6.45) is 1.64. The summed E-state index contributed by atoms with van der Waals surface area (Å²) < 4.78 is 14.0. The van der Waals surface area contributed by atoms with Crippen molar-refractivity contribution in [2.75, 3.05) is 5.75 Å². The molecule has 0 atom stereocenters. The lowest BCUT2D eigenvalue weighted by molar-refractivity contribution is 0.605. The van der Waals surface area contributed by atoms with Gasteiger partial charge in [0.15, 0.2) is 0 Å². The summed E-state index contributed by atoms with van der Waals surface area (Å²) in [5.41, 5.74) is 3.12. The van der Waals surface area contributed by atoms with Crippen LogP contribution in [0.3, 0.4) is 0 Å². The van der Waals surface area contributed by atoms with Crippen molar-refractivity contribution in [2.24, 2.45) is 0 Å². The minimum Gasteiger partial charge on any atom is -0.207 e. The van der Waals surface area contributed by atoms with E-state index in [9.17, 15) is 4.39 Å². The molecule has 0 fully saturated rings. The number of hydrogen-bond acceptors (Lipinski definition) is 1. The van der Waals surface area contributed by atoms with Crippen molar-refractivity contribution >= 4 is 11.8 Å². The maximum atomic E-state index is 14.0. The molecule has 2 aromatic carbocycles. The Morgan fingerprint density at radius 3 is 2.47 bits per heavy atom. The van der Waals surface area contributed by atoms with Gasteiger partial charge in [0, 0.05) is 4.90 Å². The minimum atomic E-state index is -0.0751. The van der Waals surface area contributed by atoms with Crippen LogP contribution in [0.1, 0.15) is 23.6 Å². The molecule has 0 saturated heterocycles. The standard InChI is InChI=1S/C17H19FS/c1-3-19-17-12-15(16(18)11-13(17)2)10-9-14-7-5-4-6-8-14/h4-8,11-12H,3,9-10H2,1-2H3. The predicted molar refractivity (Wildman–Crippen MR) is 81.4 cm³/mol. The van der Waals surface area contributed by atoms with Crippen LogP contribution in [0.15, 0.2) is 47.4 Å². The lowest BCUT2D eigenvalue weighted by Crippen LogP contribution is -1.97. The van der Waals surface area contributed by atoms with Gasteiger partial charge in [-0.15, -0.1) is 11.8 Å². The van der Waals surface area contributed by atoms with Gasteiger partial charge in [0.05, 0.1) is 0 Å². The molecular formula is C17H19FS. The summed E-state index contributed by atoms with van der Waals surface area (Å²) in [7, 11) is 0. The average Bonchev–Trinajstić information content (AvgIpc) is 2.42. The van der Waals surface area contributed by atoms with Gasteiger partial charge in [0.25, 0.3) is 0 Å².